The van der Waals surface area contributed by atoms with Crippen molar-refractivity contribution in [2.24, 2.45) is 0 Å². The minimum Gasteiger partial charge on any atom is -0.376 e. The molecule has 0 saturated carbocycles. The fourth-order valence-electron chi connectivity index (χ4n) is 2.73. The van der Waals surface area contributed by atoms with Crippen LogP contribution in [0.25, 0.3) is 0 Å². The summed E-state index contributed by atoms with van der Waals surface area (Å²) >= 11 is 1.10. The van der Waals surface area contributed by atoms with Crippen LogP contribution in [-0.2, 0) is 20.5 Å². The molecule has 3 rings (SSSR count). The van der Waals surface area contributed by atoms with E-state index in [1.54, 1.807) is 0 Å². The molecular weight excluding hydrogens is 357 g/mol. The van der Waals surface area contributed by atoms with Crippen molar-refractivity contribution in [1.82, 2.24) is 5.32 Å². The van der Waals surface area contributed by atoms with E-state index in [0.29, 0.717) is 18.0 Å². The zero-order valence-corrected chi connectivity index (χ0v) is 14.0. The molecular formula is C16H17F3N2O3S. The zero-order chi connectivity index (χ0) is 18.0. The molecule has 0 aromatic heterocycles. The Balaban J connectivity index is 1.59. The molecule has 2 N–H and O–H groups in total. The van der Waals surface area contributed by atoms with Crippen molar-refractivity contribution in [2.75, 3.05) is 18.5 Å². The van der Waals surface area contributed by atoms with Crippen LogP contribution in [0.2, 0.25) is 0 Å². The predicted octanol–water partition coefficient (Wildman–Crippen LogP) is 2.80. The van der Waals surface area contributed by atoms with Gasteiger partial charge in [0.1, 0.15) is 0 Å². The number of hydrogen-bond acceptors (Lipinski definition) is 4. The first-order valence-corrected chi connectivity index (χ1v) is 8.78. The van der Waals surface area contributed by atoms with Gasteiger partial charge in [0.05, 0.1) is 22.6 Å². The summed E-state index contributed by atoms with van der Waals surface area (Å²) in [5.41, 5.74) is -0.694. The van der Waals surface area contributed by atoms with Gasteiger partial charge in [-0.1, -0.05) is 0 Å². The average molecular weight is 374 g/mol. The standard InChI is InChI=1S/C16H17F3N2O3S/c17-16(18,19)9-3-4-12-11(6-9)21-15(23)13(25-12)7-14(22)20-8-10-2-1-5-24-10/h3-4,6,10,13H,1-2,5,7-8H2,(H,20,22)(H,21,23). The van der Waals surface area contributed by atoms with Crippen molar-refractivity contribution in [3.8, 4) is 0 Å². The van der Waals surface area contributed by atoms with Crippen LogP contribution in [-0.4, -0.2) is 36.3 Å². The van der Waals surface area contributed by atoms with Crippen molar-refractivity contribution in [1.29, 1.82) is 0 Å². The quantitative estimate of drug-likeness (QED) is 0.851. The molecule has 1 aromatic rings. The molecule has 0 aliphatic carbocycles. The Kier molecular flexibility index (Phi) is 5.24. The second-order valence-electron chi connectivity index (χ2n) is 5.95. The Morgan fingerprint density at radius 2 is 2.20 bits per heavy atom. The highest BCUT2D eigenvalue weighted by Gasteiger charge is 2.34. The minimum atomic E-state index is -4.47. The molecule has 5 nitrogen and oxygen atoms in total. The highest BCUT2D eigenvalue weighted by molar-refractivity contribution is 8.01. The molecule has 2 aliphatic rings. The summed E-state index contributed by atoms with van der Waals surface area (Å²) in [6.07, 6.45) is -2.63. The SMILES string of the molecule is O=C(CC1Sc2ccc(C(F)(F)F)cc2NC1=O)NCC1CCCO1. The summed E-state index contributed by atoms with van der Waals surface area (Å²) in [4.78, 5) is 24.6. The normalized spacial score (nSPS) is 23.1. The van der Waals surface area contributed by atoms with Crippen molar-refractivity contribution < 1.29 is 27.5 Å². The number of rotatable bonds is 4. The van der Waals surface area contributed by atoms with Crippen molar-refractivity contribution in [3.05, 3.63) is 23.8 Å². The maximum absolute atomic E-state index is 12.7. The monoisotopic (exact) mass is 374 g/mol. The number of ether oxygens (including phenoxy) is 1. The third-order valence-electron chi connectivity index (χ3n) is 4.05. The Hall–Kier alpha value is -1.74. The molecule has 1 saturated heterocycles. The summed E-state index contributed by atoms with van der Waals surface area (Å²) in [5.74, 6) is -0.748. The molecule has 0 spiro atoms. The number of hydrogen-bond donors (Lipinski definition) is 2. The fraction of sp³-hybridized carbons (Fsp3) is 0.500. The predicted molar refractivity (Wildman–Crippen MR) is 86.3 cm³/mol. The summed E-state index contributed by atoms with van der Waals surface area (Å²) in [6, 6.07) is 3.20. The number of alkyl halides is 3. The third-order valence-corrected chi connectivity index (χ3v) is 5.32. The Labute approximate surface area is 146 Å². The van der Waals surface area contributed by atoms with Gasteiger partial charge in [0.2, 0.25) is 11.8 Å². The van der Waals surface area contributed by atoms with Crippen LogP contribution in [0.15, 0.2) is 23.1 Å². The first kappa shape index (κ1) is 18.1. The number of halogens is 3. The van der Waals surface area contributed by atoms with Crippen LogP contribution in [0.4, 0.5) is 18.9 Å². The van der Waals surface area contributed by atoms with E-state index in [1.807, 2.05) is 0 Å². The fourth-order valence-corrected chi connectivity index (χ4v) is 3.83. The molecule has 2 unspecified atom stereocenters. The van der Waals surface area contributed by atoms with E-state index < -0.39 is 22.9 Å². The number of thioether (sulfide) groups is 1. The lowest BCUT2D eigenvalue weighted by Crippen LogP contribution is -2.37. The number of anilines is 1. The first-order valence-electron chi connectivity index (χ1n) is 7.90. The lowest BCUT2D eigenvalue weighted by Gasteiger charge is -2.24. The van der Waals surface area contributed by atoms with Gasteiger partial charge in [-0.05, 0) is 31.0 Å². The van der Waals surface area contributed by atoms with E-state index in [9.17, 15) is 22.8 Å². The van der Waals surface area contributed by atoms with Gasteiger partial charge in [-0.25, -0.2) is 0 Å². The van der Waals surface area contributed by atoms with E-state index in [-0.39, 0.29) is 24.1 Å². The van der Waals surface area contributed by atoms with Gasteiger partial charge in [0, 0.05) is 24.5 Å². The molecule has 0 radical (unpaired) electrons. The van der Waals surface area contributed by atoms with Gasteiger partial charge in [0.15, 0.2) is 0 Å². The molecule has 2 amide bonds. The Morgan fingerprint density at radius 1 is 1.40 bits per heavy atom. The second-order valence-corrected chi connectivity index (χ2v) is 7.19. The molecule has 25 heavy (non-hydrogen) atoms. The summed E-state index contributed by atoms with van der Waals surface area (Å²) in [5, 5.41) is 4.53. The van der Waals surface area contributed by atoms with Crippen LogP contribution >= 0.6 is 11.8 Å². The van der Waals surface area contributed by atoms with Crippen LogP contribution in [0.1, 0.15) is 24.8 Å². The van der Waals surface area contributed by atoms with Crippen LogP contribution < -0.4 is 10.6 Å². The maximum atomic E-state index is 12.7. The van der Waals surface area contributed by atoms with Crippen molar-refractivity contribution >= 4 is 29.3 Å². The van der Waals surface area contributed by atoms with Crippen LogP contribution in [0.5, 0.6) is 0 Å². The van der Waals surface area contributed by atoms with E-state index in [4.69, 9.17) is 4.74 Å². The van der Waals surface area contributed by atoms with Gasteiger partial charge in [0.25, 0.3) is 0 Å². The Bertz CT molecular complexity index is 675. The molecule has 2 aliphatic heterocycles. The second kappa shape index (κ2) is 7.25. The largest absolute Gasteiger partial charge is 0.416 e. The molecule has 2 atom stereocenters. The van der Waals surface area contributed by atoms with E-state index >= 15 is 0 Å². The van der Waals surface area contributed by atoms with Crippen LogP contribution in [0.3, 0.4) is 0 Å². The molecule has 1 fully saturated rings. The van der Waals surface area contributed by atoms with E-state index in [2.05, 4.69) is 10.6 Å². The smallest absolute Gasteiger partial charge is 0.376 e. The highest BCUT2D eigenvalue weighted by Crippen LogP contribution is 2.40. The zero-order valence-electron chi connectivity index (χ0n) is 13.2. The van der Waals surface area contributed by atoms with Gasteiger partial charge >= 0.3 is 6.18 Å². The molecule has 9 heteroatoms. The van der Waals surface area contributed by atoms with Crippen LogP contribution in [0, 0.1) is 0 Å². The highest BCUT2D eigenvalue weighted by atomic mass is 32.2. The maximum Gasteiger partial charge on any atom is 0.416 e. The number of carbonyl (C=O) groups excluding carboxylic acids is 2. The number of fused-ring (bicyclic) bond motifs is 1. The van der Waals surface area contributed by atoms with Gasteiger partial charge in [-0.3, -0.25) is 9.59 Å². The average Bonchev–Trinajstić information content (AvgIpc) is 3.06. The number of amides is 2. The topological polar surface area (TPSA) is 67.4 Å². The summed E-state index contributed by atoms with van der Waals surface area (Å²) in [6.45, 7) is 1.10. The van der Waals surface area contributed by atoms with Crippen molar-refractivity contribution in [3.63, 3.8) is 0 Å². The van der Waals surface area contributed by atoms with E-state index in [1.165, 1.54) is 6.07 Å². The molecule has 2 heterocycles. The molecule has 0 bridgehead atoms. The van der Waals surface area contributed by atoms with E-state index in [0.717, 1.165) is 36.7 Å². The summed E-state index contributed by atoms with van der Waals surface area (Å²) in [7, 11) is 0. The number of nitrogens with one attached hydrogen (secondary N) is 2. The molecule has 136 valence electrons. The van der Waals surface area contributed by atoms with Crippen molar-refractivity contribution in [2.45, 2.75) is 41.7 Å². The van der Waals surface area contributed by atoms with Gasteiger partial charge in [-0.2, -0.15) is 13.2 Å². The van der Waals surface area contributed by atoms with Gasteiger partial charge < -0.3 is 15.4 Å². The van der Waals surface area contributed by atoms with Gasteiger partial charge in [-0.15, -0.1) is 11.8 Å². The summed E-state index contributed by atoms with van der Waals surface area (Å²) < 4.78 is 43.6. The lowest BCUT2D eigenvalue weighted by atomic mass is 10.1. The number of benzene rings is 1. The third kappa shape index (κ3) is 4.46. The number of carbonyl (C=O) groups is 2. The minimum absolute atomic E-state index is 0.0123. The molecule has 1 aromatic carbocycles. The Morgan fingerprint density at radius 3 is 2.88 bits per heavy atom. The lowest BCUT2D eigenvalue weighted by molar-refractivity contribution is -0.137. The first-order chi connectivity index (χ1) is 11.8.